The number of imidazole rings is 1. The first-order valence-corrected chi connectivity index (χ1v) is 6.75. The number of fused-ring (bicyclic) bond motifs is 2. The Morgan fingerprint density at radius 1 is 0.900 bits per heavy atom. The molecule has 0 aliphatic rings. The molecular formula is C18H14N2. The molecule has 4 rings (SSSR count). The standard InChI is InChI=1S/C18H14N2/c1-13-5-4-10-20-12-17(19-18(13)20)16-9-8-14-6-2-3-7-15(14)11-16/h2-12H,1H3. The molecule has 2 nitrogen and oxygen atoms in total. The van der Waals surface area contributed by atoms with Crippen LogP contribution in [0.2, 0.25) is 0 Å². The molecular weight excluding hydrogens is 244 g/mol. The summed E-state index contributed by atoms with van der Waals surface area (Å²) in [4.78, 5) is 4.75. The molecule has 0 aliphatic carbocycles. The van der Waals surface area contributed by atoms with Gasteiger partial charge in [0.25, 0.3) is 0 Å². The van der Waals surface area contributed by atoms with Gasteiger partial charge in [-0.2, -0.15) is 0 Å². The molecule has 0 aliphatic heterocycles. The van der Waals surface area contributed by atoms with Crippen molar-refractivity contribution in [3.05, 3.63) is 72.6 Å². The van der Waals surface area contributed by atoms with Crippen molar-refractivity contribution in [2.45, 2.75) is 6.92 Å². The molecule has 20 heavy (non-hydrogen) atoms. The van der Waals surface area contributed by atoms with Crippen LogP contribution in [0.3, 0.4) is 0 Å². The minimum Gasteiger partial charge on any atom is -0.306 e. The first kappa shape index (κ1) is 11.2. The minimum atomic E-state index is 1.02. The van der Waals surface area contributed by atoms with Crippen molar-refractivity contribution in [1.82, 2.24) is 9.38 Å². The Bertz CT molecular complexity index is 919. The fourth-order valence-corrected chi connectivity index (χ4v) is 2.64. The molecule has 0 atom stereocenters. The molecule has 0 unspecified atom stereocenters. The van der Waals surface area contributed by atoms with Crippen LogP contribution in [0.5, 0.6) is 0 Å². The molecule has 96 valence electrons. The fraction of sp³-hybridized carbons (Fsp3) is 0.0556. The summed E-state index contributed by atoms with van der Waals surface area (Å²) in [5, 5.41) is 2.51. The Balaban J connectivity index is 1.94. The van der Waals surface area contributed by atoms with Gasteiger partial charge in [0, 0.05) is 18.0 Å². The summed E-state index contributed by atoms with van der Waals surface area (Å²) in [5.74, 6) is 0. The molecule has 0 fully saturated rings. The summed E-state index contributed by atoms with van der Waals surface area (Å²) in [6.07, 6.45) is 4.13. The lowest BCUT2D eigenvalue weighted by molar-refractivity contribution is 1.16. The van der Waals surface area contributed by atoms with Crippen molar-refractivity contribution >= 4 is 16.4 Å². The number of aryl methyl sites for hydroxylation is 1. The summed E-state index contributed by atoms with van der Waals surface area (Å²) >= 11 is 0. The van der Waals surface area contributed by atoms with E-state index in [0.29, 0.717) is 0 Å². The molecule has 2 heteroatoms. The summed E-state index contributed by atoms with van der Waals surface area (Å²) < 4.78 is 2.08. The van der Waals surface area contributed by atoms with E-state index in [1.54, 1.807) is 0 Å². The molecule has 0 amide bonds. The van der Waals surface area contributed by atoms with Gasteiger partial charge in [-0.1, -0.05) is 42.5 Å². The zero-order valence-corrected chi connectivity index (χ0v) is 11.2. The van der Waals surface area contributed by atoms with Crippen molar-refractivity contribution < 1.29 is 0 Å². The van der Waals surface area contributed by atoms with Gasteiger partial charge in [0.05, 0.1) is 5.69 Å². The van der Waals surface area contributed by atoms with Gasteiger partial charge in [-0.25, -0.2) is 4.98 Å². The van der Waals surface area contributed by atoms with Crippen molar-refractivity contribution in [2.75, 3.05) is 0 Å². The van der Waals surface area contributed by atoms with Gasteiger partial charge in [-0.3, -0.25) is 0 Å². The van der Waals surface area contributed by atoms with E-state index in [0.717, 1.165) is 16.9 Å². The Morgan fingerprint density at radius 3 is 2.60 bits per heavy atom. The molecule has 0 N–H and O–H groups in total. The molecule has 0 saturated carbocycles. The molecule has 2 aromatic heterocycles. The highest BCUT2D eigenvalue weighted by Crippen LogP contribution is 2.24. The van der Waals surface area contributed by atoms with Gasteiger partial charge in [-0.15, -0.1) is 0 Å². The van der Waals surface area contributed by atoms with Crippen LogP contribution in [0.4, 0.5) is 0 Å². The van der Waals surface area contributed by atoms with E-state index in [-0.39, 0.29) is 0 Å². The Hall–Kier alpha value is -2.61. The van der Waals surface area contributed by atoms with Crippen LogP contribution < -0.4 is 0 Å². The Morgan fingerprint density at radius 2 is 1.75 bits per heavy atom. The molecule has 4 aromatic rings. The third kappa shape index (κ3) is 1.69. The van der Waals surface area contributed by atoms with Crippen LogP contribution >= 0.6 is 0 Å². The number of aromatic nitrogens is 2. The topological polar surface area (TPSA) is 17.3 Å². The maximum Gasteiger partial charge on any atom is 0.140 e. The van der Waals surface area contributed by atoms with E-state index in [1.165, 1.54) is 16.3 Å². The number of benzene rings is 2. The molecule has 0 radical (unpaired) electrons. The van der Waals surface area contributed by atoms with Gasteiger partial charge in [0.2, 0.25) is 0 Å². The highest BCUT2D eigenvalue weighted by molar-refractivity contribution is 5.87. The largest absolute Gasteiger partial charge is 0.306 e. The van der Waals surface area contributed by atoms with Crippen molar-refractivity contribution in [3.63, 3.8) is 0 Å². The van der Waals surface area contributed by atoms with E-state index in [9.17, 15) is 0 Å². The first-order valence-electron chi connectivity index (χ1n) is 6.75. The monoisotopic (exact) mass is 258 g/mol. The smallest absolute Gasteiger partial charge is 0.140 e. The number of hydrogen-bond donors (Lipinski definition) is 0. The fourth-order valence-electron chi connectivity index (χ4n) is 2.64. The van der Waals surface area contributed by atoms with Gasteiger partial charge in [0.15, 0.2) is 0 Å². The van der Waals surface area contributed by atoms with E-state index in [1.807, 2.05) is 12.3 Å². The van der Waals surface area contributed by atoms with Gasteiger partial charge in [-0.05, 0) is 35.4 Å². The van der Waals surface area contributed by atoms with E-state index < -0.39 is 0 Å². The number of hydrogen-bond acceptors (Lipinski definition) is 1. The summed E-state index contributed by atoms with van der Waals surface area (Å²) in [5.41, 5.74) is 4.40. The lowest BCUT2D eigenvalue weighted by Crippen LogP contribution is -1.83. The maximum absolute atomic E-state index is 4.75. The zero-order valence-electron chi connectivity index (χ0n) is 11.2. The van der Waals surface area contributed by atoms with E-state index in [4.69, 9.17) is 4.98 Å². The highest BCUT2D eigenvalue weighted by atomic mass is 15.0. The number of nitrogens with zero attached hydrogens (tertiary/aromatic N) is 2. The second-order valence-corrected chi connectivity index (χ2v) is 5.11. The van der Waals surface area contributed by atoms with Gasteiger partial charge in [0.1, 0.15) is 5.65 Å². The van der Waals surface area contributed by atoms with E-state index in [2.05, 4.69) is 66.1 Å². The first-order chi connectivity index (χ1) is 9.81. The third-order valence-electron chi connectivity index (χ3n) is 3.72. The van der Waals surface area contributed by atoms with E-state index >= 15 is 0 Å². The van der Waals surface area contributed by atoms with Crippen molar-refractivity contribution in [3.8, 4) is 11.3 Å². The van der Waals surface area contributed by atoms with Crippen LogP contribution in [-0.2, 0) is 0 Å². The molecule has 2 heterocycles. The molecule has 2 aromatic carbocycles. The van der Waals surface area contributed by atoms with Crippen molar-refractivity contribution in [1.29, 1.82) is 0 Å². The van der Waals surface area contributed by atoms with Crippen LogP contribution in [0.25, 0.3) is 27.7 Å². The van der Waals surface area contributed by atoms with Crippen LogP contribution in [0, 0.1) is 6.92 Å². The summed E-state index contributed by atoms with van der Waals surface area (Å²) in [6.45, 7) is 2.09. The predicted octanol–water partition coefficient (Wildman–Crippen LogP) is 4.46. The number of rotatable bonds is 1. The zero-order chi connectivity index (χ0) is 13.5. The maximum atomic E-state index is 4.75. The van der Waals surface area contributed by atoms with Crippen molar-refractivity contribution in [2.24, 2.45) is 0 Å². The minimum absolute atomic E-state index is 1.02. The number of pyridine rings is 1. The molecule has 0 saturated heterocycles. The Kier molecular flexibility index (Phi) is 2.36. The molecule has 0 bridgehead atoms. The lowest BCUT2D eigenvalue weighted by Gasteiger charge is -2.00. The highest BCUT2D eigenvalue weighted by Gasteiger charge is 2.06. The average molecular weight is 258 g/mol. The SMILES string of the molecule is Cc1cccn2cc(-c3ccc4ccccc4c3)nc12. The quantitative estimate of drug-likeness (QED) is 0.492. The van der Waals surface area contributed by atoms with Crippen LogP contribution in [-0.4, -0.2) is 9.38 Å². The second kappa shape index (κ2) is 4.20. The summed E-state index contributed by atoms with van der Waals surface area (Å²) in [6, 6.07) is 19.0. The molecule has 0 spiro atoms. The van der Waals surface area contributed by atoms with Crippen LogP contribution in [0.15, 0.2) is 67.0 Å². The van der Waals surface area contributed by atoms with Gasteiger partial charge < -0.3 is 4.40 Å². The second-order valence-electron chi connectivity index (χ2n) is 5.11. The average Bonchev–Trinajstić information content (AvgIpc) is 2.92. The predicted molar refractivity (Wildman–Crippen MR) is 82.9 cm³/mol. The lowest BCUT2D eigenvalue weighted by atomic mass is 10.1. The normalized spacial score (nSPS) is 11.2. The van der Waals surface area contributed by atoms with Gasteiger partial charge >= 0.3 is 0 Å². The third-order valence-corrected chi connectivity index (χ3v) is 3.72. The summed E-state index contributed by atoms with van der Waals surface area (Å²) in [7, 11) is 0. The Labute approximate surface area is 117 Å². The van der Waals surface area contributed by atoms with Crippen LogP contribution in [0.1, 0.15) is 5.56 Å².